The van der Waals surface area contributed by atoms with E-state index < -0.39 is 0 Å². The Morgan fingerprint density at radius 1 is 0.679 bits per heavy atom. The molecule has 7 aromatic rings. The van der Waals surface area contributed by atoms with E-state index in [1.165, 1.54) is 77.6 Å². The minimum atomic E-state index is -0.241. The summed E-state index contributed by atoms with van der Waals surface area (Å²) in [7, 11) is 0. The van der Waals surface area contributed by atoms with E-state index in [9.17, 15) is 0 Å². The maximum absolute atomic E-state index is 6.25. The first-order valence-corrected chi connectivity index (χ1v) is 19.0. The summed E-state index contributed by atoms with van der Waals surface area (Å²) in [4.78, 5) is 2.55. The highest BCUT2D eigenvalue weighted by Crippen LogP contribution is 2.48. The minimum absolute atomic E-state index is 0.241. The van der Waals surface area contributed by atoms with Crippen molar-refractivity contribution in [2.45, 2.75) is 44.4 Å². The Labute approximate surface area is 311 Å². The number of nitrogens with zero attached hydrogens (tertiary/aromatic N) is 1. The van der Waals surface area contributed by atoms with Gasteiger partial charge in [0, 0.05) is 33.3 Å². The second kappa shape index (κ2) is 12.8. The molecule has 2 heteroatoms. The van der Waals surface area contributed by atoms with Gasteiger partial charge >= 0.3 is 0 Å². The predicted molar refractivity (Wildman–Crippen MR) is 224 cm³/mol. The summed E-state index contributed by atoms with van der Waals surface area (Å²) in [5, 5.41) is 4.84. The van der Waals surface area contributed by atoms with Crippen LogP contribution in [-0.4, -0.2) is 0 Å². The van der Waals surface area contributed by atoms with Crippen molar-refractivity contribution < 1.29 is 4.42 Å². The summed E-state index contributed by atoms with van der Waals surface area (Å²) in [6.07, 6.45) is 21.5. The van der Waals surface area contributed by atoms with Crippen LogP contribution in [0.3, 0.4) is 0 Å². The zero-order chi connectivity index (χ0) is 35.4. The summed E-state index contributed by atoms with van der Waals surface area (Å²) < 4.78 is 6.25. The first-order chi connectivity index (χ1) is 26.1. The molecule has 0 saturated heterocycles. The molecule has 3 aliphatic rings. The third-order valence-corrected chi connectivity index (χ3v) is 11.7. The fraction of sp³-hybridized carbons (Fsp3) is 0.137. The summed E-state index contributed by atoms with van der Waals surface area (Å²) in [5.74, 6) is 0. The summed E-state index contributed by atoms with van der Waals surface area (Å²) in [6, 6.07) is 46.6. The van der Waals surface area contributed by atoms with Crippen LogP contribution in [0.15, 0.2) is 180 Å². The van der Waals surface area contributed by atoms with Crippen LogP contribution in [0.25, 0.3) is 55.5 Å². The van der Waals surface area contributed by atoms with Gasteiger partial charge in [-0.15, -0.1) is 0 Å². The third-order valence-electron chi connectivity index (χ3n) is 11.7. The van der Waals surface area contributed by atoms with Gasteiger partial charge in [-0.3, -0.25) is 0 Å². The van der Waals surface area contributed by atoms with E-state index >= 15 is 0 Å². The van der Waals surface area contributed by atoms with Gasteiger partial charge in [0.25, 0.3) is 0 Å². The Bertz CT molecular complexity index is 2700. The molecule has 10 rings (SSSR count). The lowest BCUT2D eigenvalue weighted by molar-refractivity contribution is 0.616. The van der Waals surface area contributed by atoms with Crippen LogP contribution >= 0.6 is 0 Å². The Morgan fingerprint density at radius 3 is 2.30 bits per heavy atom. The minimum Gasteiger partial charge on any atom is -0.456 e. The summed E-state index contributed by atoms with van der Waals surface area (Å²) in [6.45, 7) is 2.43. The molecule has 0 bridgehead atoms. The van der Waals surface area contributed by atoms with Gasteiger partial charge < -0.3 is 9.32 Å². The Balaban J connectivity index is 1.13. The Hall–Kier alpha value is -6.12. The van der Waals surface area contributed by atoms with Crippen molar-refractivity contribution in [3.63, 3.8) is 0 Å². The lowest BCUT2D eigenvalue weighted by atomic mass is 9.68. The molecule has 256 valence electrons. The number of furan rings is 1. The molecular weight excluding hydrogens is 643 g/mol. The van der Waals surface area contributed by atoms with E-state index in [0.717, 1.165) is 43.3 Å². The molecule has 6 aromatic carbocycles. The quantitative estimate of drug-likeness (QED) is 0.173. The van der Waals surface area contributed by atoms with Crippen LogP contribution in [-0.2, 0) is 11.8 Å². The highest BCUT2D eigenvalue weighted by molar-refractivity contribution is 6.18. The number of hydrogen-bond donors (Lipinski definition) is 0. The number of rotatable bonds is 6. The molecule has 1 unspecified atom stereocenters. The predicted octanol–water partition coefficient (Wildman–Crippen LogP) is 13.7. The Kier molecular flexibility index (Phi) is 7.65. The lowest BCUT2D eigenvalue weighted by Crippen LogP contribution is -2.30. The van der Waals surface area contributed by atoms with Crippen LogP contribution in [0.5, 0.6) is 0 Å². The van der Waals surface area contributed by atoms with Crippen LogP contribution in [0.4, 0.5) is 5.69 Å². The van der Waals surface area contributed by atoms with Gasteiger partial charge in [-0.25, -0.2) is 0 Å². The molecule has 0 radical (unpaired) electrons. The number of allylic oxidation sites excluding steroid dienone is 8. The van der Waals surface area contributed by atoms with E-state index in [-0.39, 0.29) is 5.41 Å². The highest BCUT2D eigenvalue weighted by Gasteiger charge is 2.36. The molecule has 0 spiro atoms. The SMILES string of the molecule is CC1(c2ccc3c(ccc4oc5ccccc5c43)c2)CC=C(N(C2=CC=CCC2)c2cc3c(c(-c4ccccc4)c2)C=CCC3)C=C1c1ccccc1. The van der Waals surface area contributed by atoms with Crippen LogP contribution in [0.1, 0.15) is 54.9 Å². The standard InChI is InChI=1S/C51H41NO/c1-51(39-26-27-44-38(31-39)25-28-49-50(44)45-23-13-14-24-48(45)53-49)30-29-41(34-47(51)36-17-7-3-8-18-36)52(40-20-9-4-10-21-40)42-32-37-19-11-12-22-43(37)46(33-42)35-15-5-2-6-16-35/h2-9,12-18,20,22-29,31-34H,10-11,19,21,30H2,1H3. The number of anilines is 1. The molecule has 1 heterocycles. The molecule has 2 nitrogen and oxygen atoms in total. The maximum atomic E-state index is 6.25. The van der Waals surface area contributed by atoms with E-state index in [1.807, 2.05) is 6.07 Å². The highest BCUT2D eigenvalue weighted by atomic mass is 16.3. The average molecular weight is 684 g/mol. The van der Waals surface area contributed by atoms with E-state index in [1.54, 1.807) is 0 Å². The zero-order valence-electron chi connectivity index (χ0n) is 30.1. The van der Waals surface area contributed by atoms with E-state index in [4.69, 9.17) is 4.42 Å². The smallest absolute Gasteiger partial charge is 0.136 e. The van der Waals surface area contributed by atoms with Gasteiger partial charge in [0.2, 0.25) is 0 Å². The largest absolute Gasteiger partial charge is 0.456 e. The van der Waals surface area contributed by atoms with Gasteiger partial charge in [-0.05, 0) is 118 Å². The number of benzene rings is 6. The molecular formula is C51H41NO. The molecule has 0 fully saturated rings. The Morgan fingerprint density at radius 2 is 1.47 bits per heavy atom. The normalized spacial score (nSPS) is 18.2. The fourth-order valence-corrected chi connectivity index (χ4v) is 8.91. The van der Waals surface area contributed by atoms with Crippen molar-refractivity contribution in [2.24, 2.45) is 0 Å². The van der Waals surface area contributed by atoms with Crippen LogP contribution in [0, 0.1) is 0 Å². The number of hydrogen-bond acceptors (Lipinski definition) is 2. The molecule has 1 atom stereocenters. The van der Waals surface area contributed by atoms with Crippen molar-refractivity contribution in [1.82, 2.24) is 0 Å². The van der Waals surface area contributed by atoms with Crippen molar-refractivity contribution in [3.8, 4) is 11.1 Å². The second-order valence-electron chi connectivity index (χ2n) is 14.9. The molecule has 1 aromatic heterocycles. The summed E-state index contributed by atoms with van der Waals surface area (Å²) >= 11 is 0. The van der Waals surface area contributed by atoms with Crippen molar-refractivity contribution in [2.75, 3.05) is 4.90 Å². The van der Waals surface area contributed by atoms with Gasteiger partial charge in [-0.2, -0.15) is 0 Å². The van der Waals surface area contributed by atoms with Crippen molar-refractivity contribution in [3.05, 3.63) is 197 Å². The topological polar surface area (TPSA) is 16.4 Å². The molecule has 53 heavy (non-hydrogen) atoms. The van der Waals surface area contributed by atoms with Crippen molar-refractivity contribution in [1.29, 1.82) is 0 Å². The first-order valence-electron chi connectivity index (χ1n) is 19.0. The zero-order valence-corrected chi connectivity index (χ0v) is 30.1. The van der Waals surface area contributed by atoms with Gasteiger partial charge in [0.1, 0.15) is 11.2 Å². The maximum Gasteiger partial charge on any atom is 0.136 e. The first kappa shape index (κ1) is 31.6. The van der Waals surface area contributed by atoms with Gasteiger partial charge in [0.05, 0.1) is 0 Å². The monoisotopic (exact) mass is 683 g/mol. The van der Waals surface area contributed by atoms with E-state index in [0.29, 0.717) is 0 Å². The van der Waals surface area contributed by atoms with Gasteiger partial charge in [0.15, 0.2) is 0 Å². The van der Waals surface area contributed by atoms with Gasteiger partial charge in [-0.1, -0.05) is 140 Å². The number of aryl methyl sites for hydroxylation is 1. The summed E-state index contributed by atoms with van der Waals surface area (Å²) in [5.41, 5.74) is 14.7. The second-order valence-corrected chi connectivity index (χ2v) is 14.9. The number of fused-ring (bicyclic) bond motifs is 6. The van der Waals surface area contributed by atoms with Crippen LogP contribution < -0.4 is 4.90 Å². The average Bonchev–Trinajstić information content (AvgIpc) is 3.61. The molecule has 0 saturated carbocycles. The lowest BCUT2D eigenvalue weighted by Gasteiger charge is -2.39. The fourth-order valence-electron chi connectivity index (χ4n) is 8.91. The molecule has 0 amide bonds. The molecule has 0 aliphatic heterocycles. The van der Waals surface area contributed by atoms with Crippen molar-refractivity contribution >= 4 is 50.0 Å². The van der Waals surface area contributed by atoms with Crippen LogP contribution in [0.2, 0.25) is 0 Å². The molecule has 3 aliphatic carbocycles. The molecule has 0 N–H and O–H groups in total. The number of para-hydroxylation sites is 1. The van der Waals surface area contributed by atoms with E-state index in [2.05, 4.69) is 176 Å². The third kappa shape index (κ3) is 5.40.